The number of rotatable bonds is 6. The Hall–Kier alpha value is -0.950. The SMILES string of the molecule is CCOCc1nc(Cl)cc(N2CC(OC)C(OC)C2)n1. The molecule has 0 aliphatic carbocycles. The number of nitrogens with zero attached hydrogens (tertiary/aromatic N) is 3. The van der Waals surface area contributed by atoms with Gasteiger partial charge in [-0.2, -0.15) is 0 Å². The second kappa shape index (κ2) is 7.17. The topological polar surface area (TPSA) is 56.7 Å². The lowest BCUT2D eigenvalue weighted by Gasteiger charge is -2.17. The van der Waals surface area contributed by atoms with Gasteiger partial charge >= 0.3 is 0 Å². The smallest absolute Gasteiger partial charge is 0.158 e. The molecule has 2 rings (SSSR count). The molecule has 0 saturated carbocycles. The van der Waals surface area contributed by atoms with Gasteiger partial charge in [0.15, 0.2) is 5.82 Å². The number of methoxy groups -OCH3 is 2. The minimum absolute atomic E-state index is 0.0316. The Kier molecular flexibility index (Phi) is 5.54. The van der Waals surface area contributed by atoms with Crippen molar-refractivity contribution in [3.05, 3.63) is 17.0 Å². The molecule has 0 amide bonds. The van der Waals surface area contributed by atoms with Crippen molar-refractivity contribution in [2.24, 2.45) is 0 Å². The molecule has 0 N–H and O–H groups in total. The van der Waals surface area contributed by atoms with Crippen LogP contribution >= 0.6 is 11.6 Å². The van der Waals surface area contributed by atoms with Crippen LogP contribution in [0.15, 0.2) is 6.07 Å². The molecule has 0 radical (unpaired) electrons. The zero-order chi connectivity index (χ0) is 14.5. The van der Waals surface area contributed by atoms with Crippen LogP contribution < -0.4 is 4.90 Å². The summed E-state index contributed by atoms with van der Waals surface area (Å²) in [5.41, 5.74) is 0. The van der Waals surface area contributed by atoms with Gasteiger partial charge in [-0.3, -0.25) is 0 Å². The molecule has 1 aliphatic rings. The van der Waals surface area contributed by atoms with Gasteiger partial charge in [0, 0.05) is 40.0 Å². The third kappa shape index (κ3) is 3.58. The monoisotopic (exact) mass is 301 g/mol. The number of anilines is 1. The van der Waals surface area contributed by atoms with Crippen molar-refractivity contribution in [1.82, 2.24) is 9.97 Å². The minimum atomic E-state index is 0.0316. The molecule has 2 atom stereocenters. The molecular formula is C13H20ClN3O3. The molecule has 1 saturated heterocycles. The summed E-state index contributed by atoms with van der Waals surface area (Å²) in [5, 5.41) is 0.416. The number of hydrogen-bond donors (Lipinski definition) is 0. The summed E-state index contributed by atoms with van der Waals surface area (Å²) < 4.78 is 16.2. The van der Waals surface area contributed by atoms with E-state index >= 15 is 0 Å². The Bertz CT molecular complexity index is 435. The lowest BCUT2D eigenvalue weighted by molar-refractivity contribution is -0.00461. The number of halogens is 1. The number of hydrogen-bond acceptors (Lipinski definition) is 6. The quantitative estimate of drug-likeness (QED) is 0.743. The molecule has 112 valence electrons. The van der Waals surface area contributed by atoms with Gasteiger partial charge in [0.05, 0.1) is 0 Å². The second-order valence-corrected chi connectivity index (χ2v) is 4.94. The average Bonchev–Trinajstić information content (AvgIpc) is 2.88. The fourth-order valence-electron chi connectivity index (χ4n) is 2.26. The van der Waals surface area contributed by atoms with Gasteiger partial charge < -0.3 is 19.1 Å². The molecule has 0 bridgehead atoms. The summed E-state index contributed by atoms with van der Waals surface area (Å²) >= 11 is 6.05. The van der Waals surface area contributed by atoms with Crippen LogP contribution in [0, 0.1) is 0 Å². The lowest BCUT2D eigenvalue weighted by Crippen LogP contribution is -2.27. The third-order valence-corrected chi connectivity index (χ3v) is 3.50. The first kappa shape index (κ1) is 15.4. The summed E-state index contributed by atoms with van der Waals surface area (Å²) in [6.07, 6.45) is 0.0631. The van der Waals surface area contributed by atoms with Crippen LogP contribution in [0.4, 0.5) is 5.82 Å². The van der Waals surface area contributed by atoms with Gasteiger partial charge in [0.1, 0.15) is 29.8 Å². The first-order valence-corrected chi connectivity index (χ1v) is 6.97. The summed E-state index contributed by atoms with van der Waals surface area (Å²) in [7, 11) is 3.38. The summed E-state index contributed by atoms with van der Waals surface area (Å²) in [4.78, 5) is 10.7. The molecule has 1 fully saturated rings. The van der Waals surface area contributed by atoms with Crippen molar-refractivity contribution >= 4 is 17.4 Å². The van der Waals surface area contributed by atoms with Crippen LogP contribution in [-0.2, 0) is 20.8 Å². The summed E-state index contributed by atoms with van der Waals surface area (Å²) in [6.45, 7) is 4.34. The predicted octanol–water partition coefficient (Wildman–Crippen LogP) is 1.52. The predicted molar refractivity (Wildman–Crippen MR) is 76.2 cm³/mol. The molecule has 2 heterocycles. The van der Waals surface area contributed by atoms with Crippen LogP contribution in [0.25, 0.3) is 0 Å². The van der Waals surface area contributed by atoms with Crippen molar-refractivity contribution in [3.63, 3.8) is 0 Å². The molecule has 0 spiro atoms. The van der Waals surface area contributed by atoms with E-state index in [9.17, 15) is 0 Å². The van der Waals surface area contributed by atoms with Crippen molar-refractivity contribution in [2.75, 3.05) is 38.8 Å². The first-order valence-electron chi connectivity index (χ1n) is 6.59. The summed E-state index contributed by atoms with van der Waals surface area (Å²) in [6, 6.07) is 1.75. The zero-order valence-corrected chi connectivity index (χ0v) is 12.8. The van der Waals surface area contributed by atoms with E-state index in [1.165, 1.54) is 0 Å². The first-order chi connectivity index (χ1) is 9.67. The molecule has 1 aliphatic heterocycles. The Morgan fingerprint density at radius 2 is 1.90 bits per heavy atom. The molecule has 2 unspecified atom stereocenters. The minimum Gasteiger partial charge on any atom is -0.377 e. The largest absolute Gasteiger partial charge is 0.377 e. The molecular weight excluding hydrogens is 282 g/mol. The maximum Gasteiger partial charge on any atom is 0.158 e. The van der Waals surface area contributed by atoms with Crippen molar-refractivity contribution < 1.29 is 14.2 Å². The van der Waals surface area contributed by atoms with Gasteiger partial charge in [0.2, 0.25) is 0 Å². The third-order valence-electron chi connectivity index (χ3n) is 3.31. The average molecular weight is 302 g/mol. The van der Waals surface area contributed by atoms with E-state index in [0.29, 0.717) is 24.2 Å². The maximum absolute atomic E-state index is 6.05. The Labute approximate surface area is 124 Å². The molecule has 6 nitrogen and oxygen atoms in total. The highest BCUT2D eigenvalue weighted by Crippen LogP contribution is 2.23. The van der Waals surface area contributed by atoms with Crippen LogP contribution in [0.5, 0.6) is 0 Å². The Balaban J connectivity index is 2.14. The normalized spacial score (nSPS) is 22.5. The van der Waals surface area contributed by atoms with Gasteiger partial charge in [-0.1, -0.05) is 11.6 Å². The molecule has 0 aromatic carbocycles. The van der Waals surface area contributed by atoms with Gasteiger partial charge in [0.25, 0.3) is 0 Å². The van der Waals surface area contributed by atoms with E-state index < -0.39 is 0 Å². The van der Waals surface area contributed by atoms with E-state index in [-0.39, 0.29) is 12.2 Å². The van der Waals surface area contributed by atoms with Crippen LogP contribution in [-0.4, -0.2) is 56.1 Å². The van der Waals surface area contributed by atoms with Gasteiger partial charge in [-0.25, -0.2) is 9.97 Å². The van der Waals surface area contributed by atoms with E-state index in [1.807, 2.05) is 6.92 Å². The Morgan fingerprint density at radius 3 is 2.45 bits per heavy atom. The second-order valence-electron chi connectivity index (χ2n) is 4.56. The highest BCUT2D eigenvalue weighted by atomic mass is 35.5. The zero-order valence-electron chi connectivity index (χ0n) is 12.0. The molecule has 1 aromatic heterocycles. The standard InChI is InChI=1S/C13H20ClN3O3/c1-4-20-8-12-15-11(14)5-13(16-12)17-6-9(18-2)10(7-17)19-3/h5,9-10H,4,6-8H2,1-3H3. The molecule has 1 aromatic rings. The van der Waals surface area contributed by atoms with Crippen LogP contribution in [0.2, 0.25) is 5.15 Å². The van der Waals surface area contributed by atoms with Gasteiger partial charge in [-0.15, -0.1) is 0 Å². The molecule has 20 heavy (non-hydrogen) atoms. The van der Waals surface area contributed by atoms with Gasteiger partial charge in [-0.05, 0) is 6.92 Å². The van der Waals surface area contributed by atoms with E-state index in [2.05, 4.69) is 14.9 Å². The van der Waals surface area contributed by atoms with E-state index in [4.69, 9.17) is 25.8 Å². The lowest BCUT2D eigenvalue weighted by atomic mass is 10.3. The van der Waals surface area contributed by atoms with Crippen LogP contribution in [0.1, 0.15) is 12.7 Å². The van der Waals surface area contributed by atoms with Crippen molar-refractivity contribution in [2.45, 2.75) is 25.7 Å². The Morgan fingerprint density at radius 1 is 1.25 bits per heavy atom. The highest BCUT2D eigenvalue weighted by molar-refractivity contribution is 6.29. The summed E-state index contributed by atoms with van der Waals surface area (Å²) in [5.74, 6) is 1.37. The fourth-order valence-corrected chi connectivity index (χ4v) is 2.45. The van der Waals surface area contributed by atoms with Crippen LogP contribution in [0.3, 0.4) is 0 Å². The molecule has 7 heteroatoms. The highest BCUT2D eigenvalue weighted by Gasteiger charge is 2.33. The van der Waals surface area contributed by atoms with Crippen molar-refractivity contribution in [1.29, 1.82) is 0 Å². The van der Waals surface area contributed by atoms with E-state index in [0.717, 1.165) is 18.9 Å². The van der Waals surface area contributed by atoms with Crippen molar-refractivity contribution in [3.8, 4) is 0 Å². The van der Waals surface area contributed by atoms with E-state index in [1.54, 1.807) is 20.3 Å². The fraction of sp³-hybridized carbons (Fsp3) is 0.692. The number of ether oxygens (including phenoxy) is 3. The maximum atomic E-state index is 6.05. The number of aromatic nitrogens is 2.